The van der Waals surface area contributed by atoms with E-state index < -0.39 is 0 Å². The average Bonchev–Trinajstić information content (AvgIpc) is 2.72. The maximum Gasteiger partial charge on any atom is 0.262 e. The van der Waals surface area contributed by atoms with Gasteiger partial charge in [-0.2, -0.15) is 0 Å². The normalized spacial score (nSPS) is 10.3. The minimum Gasteiger partial charge on any atom is -0.483 e. The van der Waals surface area contributed by atoms with Gasteiger partial charge in [0.2, 0.25) is 0 Å². The van der Waals surface area contributed by atoms with Crippen molar-refractivity contribution < 1.29 is 14.3 Å². The fourth-order valence-corrected chi connectivity index (χ4v) is 2.86. The van der Waals surface area contributed by atoms with Crippen molar-refractivity contribution >= 4 is 23.2 Å². The number of aryl methyl sites for hydroxylation is 2. The van der Waals surface area contributed by atoms with Crippen LogP contribution in [0.3, 0.4) is 0 Å². The number of nitrogens with zero attached hydrogens (tertiary/aromatic N) is 1. The summed E-state index contributed by atoms with van der Waals surface area (Å²) in [6, 6.07) is 14.3. The van der Waals surface area contributed by atoms with E-state index in [4.69, 9.17) is 4.74 Å². The molecule has 0 spiro atoms. The Hall–Kier alpha value is -3.67. The number of ether oxygens (including phenoxy) is 1. The lowest BCUT2D eigenvalue weighted by Gasteiger charge is -2.14. The van der Waals surface area contributed by atoms with Gasteiger partial charge in [-0.3, -0.25) is 14.6 Å². The summed E-state index contributed by atoms with van der Waals surface area (Å²) in [5, 5.41) is 5.58. The number of pyridine rings is 1. The molecule has 0 atom stereocenters. The Morgan fingerprint density at radius 3 is 2.38 bits per heavy atom. The Morgan fingerprint density at radius 2 is 1.66 bits per heavy atom. The summed E-state index contributed by atoms with van der Waals surface area (Å²) < 4.78 is 5.75. The Bertz CT molecular complexity index is 1030. The minimum absolute atomic E-state index is 0.0998. The Balaban J connectivity index is 1.61. The van der Waals surface area contributed by atoms with Crippen molar-refractivity contribution in [1.29, 1.82) is 0 Å². The molecule has 2 aromatic carbocycles. The average molecular weight is 389 g/mol. The molecule has 0 aliphatic carbocycles. The van der Waals surface area contributed by atoms with E-state index in [1.54, 1.807) is 42.6 Å². The molecule has 0 saturated heterocycles. The lowest BCUT2D eigenvalue weighted by atomic mass is 10.1. The number of carbonyl (C=O) groups excluding carboxylic acids is 2. The van der Waals surface area contributed by atoms with Crippen LogP contribution in [0.1, 0.15) is 27.0 Å². The number of hydrogen-bond donors (Lipinski definition) is 2. The number of anilines is 2. The van der Waals surface area contributed by atoms with Crippen molar-refractivity contribution in [2.75, 3.05) is 17.2 Å². The number of rotatable bonds is 6. The molecule has 2 amide bonds. The molecule has 1 aromatic heterocycles. The van der Waals surface area contributed by atoms with Crippen LogP contribution >= 0.6 is 0 Å². The first-order chi connectivity index (χ1) is 13.9. The van der Waals surface area contributed by atoms with Crippen LogP contribution in [0.25, 0.3) is 0 Å². The lowest BCUT2D eigenvalue weighted by Crippen LogP contribution is -2.21. The smallest absolute Gasteiger partial charge is 0.262 e. The van der Waals surface area contributed by atoms with Gasteiger partial charge >= 0.3 is 0 Å². The molecule has 0 aliphatic heterocycles. The molecule has 3 aromatic rings. The van der Waals surface area contributed by atoms with E-state index in [9.17, 15) is 9.59 Å². The summed E-state index contributed by atoms with van der Waals surface area (Å²) >= 11 is 0. The highest BCUT2D eigenvalue weighted by atomic mass is 16.5. The highest BCUT2D eigenvalue weighted by Gasteiger charge is 2.11. The van der Waals surface area contributed by atoms with Gasteiger partial charge in [0, 0.05) is 23.8 Å². The zero-order valence-corrected chi connectivity index (χ0v) is 16.7. The van der Waals surface area contributed by atoms with E-state index in [0.29, 0.717) is 16.9 Å². The molecule has 0 saturated carbocycles. The Labute approximate surface area is 169 Å². The predicted molar refractivity (Wildman–Crippen MR) is 113 cm³/mol. The third-order valence-corrected chi connectivity index (χ3v) is 4.55. The summed E-state index contributed by atoms with van der Waals surface area (Å²) in [5.74, 6) is 0.189. The molecule has 6 heteroatoms. The van der Waals surface area contributed by atoms with Crippen LogP contribution in [0.5, 0.6) is 5.75 Å². The van der Waals surface area contributed by atoms with Crippen LogP contribution in [0.15, 0.2) is 60.9 Å². The largest absolute Gasteiger partial charge is 0.483 e. The molecule has 6 nitrogen and oxygen atoms in total. The van der Waals surface area contributed by atoms with Crippen LogP contribution in [0.2, 0.25) is 0 Å². The summed E-state index contributed by atoms with van der Waals surface area (Å²) in [5.41, 5.74) is 4.73. The van der Waals surface area contributed by atoms with Gasteiger partial charge in [0.05, 0.1) is 5.56 Å². The van der Waals surface area contributed by atoms with Crippen LogP contribution in [0, 0.1) is 20.8 Å². The second-order valence-corrected chi connectivity index (χ2v) is 6.77. The molecule has 1 heterocycles. The van der Waals surface area contributed by atoms with E-state index >= 15 is 0 Å². The van der Waals surface area contributed by atoms with Gasteiger partial charge < -0.3 is 15.4 Å². The molecular weight excluding hydrogens is 366 g/mol. The Morgan fingerprint density at radius 1 is 0.931 bits per heavy atom. The minimum atomic E-state index is -0.277. The fourth-order valence-electron chi connectivity index (χ4n) is 2.86. The van der Waals surface area contributed by atoms with Gasteiger partial charge in [-0.1, -0.05) is 18.2 Å². The zero-order valence-electron chi connectivity index (χ0n) is 16.7. The standard InChI is InChI=1S/C23H23N3O3/c1-15-9-10-16(2)22(17(15)3)29-14-21(27)25-19-7-4-8-20(12-19)26-23(28)18-6-5-11-24-13-18/h4-13H,14H2,1-3H3,(H,25,27)(H,26,28). The highest BCUT2D eigenvalue weighted by molar-refractivity contribution is 6.04. The molecular formula is C23H23N3O3. The molecule has 0 fully saturated rings. The quantitative estimate of drug-likeness (QED) is 0.660. The molecule has 3 rings (SSSR count). The van der Waals surface area contributed by atoms with Gasteiger partial charge in [0.25, 0.3) is 11.8 Å². The number of aromatic nitrogens is 1. The summed E-state index contributed by atoms with van der Waals surface area (Å²) in [4.78, 5) is 28.5. The van der Waals surface area contributed by atoms with Crippen molar-refractivity contribution in [3.8, 4) is 5.75 Å². The van der Waals surface area contributed by atoms with E-state index in [-0.39, 0.29) is 18.4 Å². The first-order valence-electron chi connectivity index (χ1n) is 9.25. The van der Waals surface area contributed by atoms with Crippen molar-refractivity contribution in [2.45, 2.75) is 20.8 Å². The van der Waals surface area contributed by atoms with Crippen molar-refractivity contribution in [3.05, 3.63) is 83.2 Å². The molecule has 2 N–H and O–H groups in total. The van der Waals surface area contributed by atoms with Crippen LogP contribution < -0.4 is 15.4 Å². The van der Waals surface area contributed by atoms with E-state index in [1.807, 2.05) is 32.9 Å². The monoisotopic (exact) mass is 389 g/mol. The molecule has 0 unspecified atom stereocenters. The predicted octanol–water partition coefficient (Wildman–Crippen LogP) is 4.28. The molecule has 29 heavy (non-hydrogen) atoms. The third kappa shape index (κ3) is 5.19. The second kappa shape index (κ2) is 9.01. The number of hydrogen-bond acceptors (Lipinski definition) is 4. The maximum absolute atomic E-state index is 12.3. The van der Waals surface area contributed by atoms with Crippen LogP contribution in [0.4, 0.5) is 11.4 Å². The number of carbonyl (C=O) groups is 2. The van der Waals surface area contributed by atoms with Gasteiger partial charge in [-0.05, 0) is 67.8 Å². The molecule has 0 radical (unpaired) electrons. The van der Waals surface area contributed by atoms with Crippen molar-refractivity contribution in [1.82, 2.24) is 4.98 Å². The highest BCUT2D eigenvalue weighted by Crippen LogP contribution is 2.25. The molecule has 0 bridgehead atoms. The van der Waals surface area contributed by atoms with Crippen LogP contribution in [-0.4, -0.2) is 23.4 Å². The van der Waals surface area contributed by atoms with E-state index in [1.165, 1.54) is 6.20 Å². The Kier molecular flexibility index (Phi) is 6.24. The number of nitrogens with one attached hydrogen (secondary N) is 2. The molecule has 148 valence electrons. The topological polar surface area (TPSA) is 80.3 Å². The van der Waals surface area contributed by atoms with Crippen molar-refractivity contribution in [2.24, 2.45) is 0 Å². The lowest BCUT2D eigenvalue weighted by molar-refractivity contribution is -0.118. The first kappa shape index (κ1) is 20.1. The summed E-state index contributed by atoms with van der Waals surface area (Å²) in [6.45, 7) is 5.84. The van der Waals surface area contributed by atoms with Gasteiger partial charge in [-0.25, -0.2) is 0 Å². The van der Waals surface area contributed by atoms with Gasteiger partial charge in [-0.15, -0.1) is 0 Å². The number of amides is 2. The first-order valence-corrected chi connectivity index (χ1v) is 9.25. The third-order valence-electron chi connectivity index (χ3n) is 4.55. The van der Waals surface area contributed by atoms with E-state index in [0.717, 1.165) is 22.4 Å². The molecule has 0 aliphatic rings. The van der Waals surface area contributed by atoms with Gasteiger partial charge in [0.1, 0.15) is 5.75 Å². The number of benzene rings is 2. The zero-order chi connectivity index (χ0) is 20.8. The van der Waals surface area contributed by atoms with E-state index in [2.05, 4.69) is 15.6 Å². The fraction of sp³-hybridized carbons (Fsp3) is 0.174. The summed E-state index contributed by atoms with van der Waals surface area (Å²) in [7, 11) is 0. The SMILES string of the molecule is Cc1ccc(C)c(OCC(=O)Nc2cccc(NC(=O)c3cccnc3)c2)c1C. The summed E-state index contributed by atoms with van der Waals surface area (Å²) in [6.07, 6.45) is 3.10. The second-order valence-electron chi connectivity index (χ2n) is 6.77. The maximum atomic E-state index is 12.3. The van der Waals surface area contributed by atoms with Crippen molar-refractivity contribution in [3.63, 3.8) is 0 Å². The van der Waals surface area contributed by atoms with Crippen LogP contribution in [-0.2, 0) is 4.79 Å². The van der Waals surface area contributed by atoms with Gasteiger partial charge in [0.15, 0.2) is 6.61 Å².